The summed E-state index contributed by atoms with van der Waals surface area (Å²) >= 11 is 0. The molecule has 0 spiro atoms. The van der Waals surface area contributed by atoms with E-state index in [9.17, 15) is 4.79 Å². The van der Waals surface area contributed by atoms with E-state index < -0.39 is 0 Å². The quantitative estimate of drug-likeness (QED) is 0.370. The van der Waals surface area contributed by atoms with Gasteiger partial charge in [0.1, 0.15) is 6.54 Å². The van der Waals surface area contributed by atoms with E-state index in [1.807, 2.05) is 6.07 Å². The summed E-state index contributed by atoms with van der Waals surface area (Å²) in [4.78, 5) is 23.2. The van der Waals surface area contributed by atoms with Gasteiger partial charge in [0, 0.05) is 39.8 Å². The van der Waals surface area contributed by atoms with E-state index in [1.54, 1.807) is 19.0 Å². The van der Waals surface area contributed by atoms with Gasteiger partial charge in [-0.15, -0.1) is 24.0 Å². The number of amides is 1. The predicted octanol–water partition coefficient (Wildman–Crippen LogP) is 2.05. The molecule has 2 heterocycles. The molecule has 1 atom stereocenters. The van der Waals surface area contributed by atoms with Crippen LogP contribution < -0.4 is 5.32 Å². The maximum absolute atomic E-state index is 12.0. The number of guanidine groups is 1. The Labute approximate surface area is 186 Å². The molecular weight excluding hydrogens is 465 g/mol. The first-order valence-corrected chi connectivity index (χ1v) is 10.1. The number of halogens is 1. The molecule has 1 N–H and O–H groups in total. The zero-order valence-corrected chi connectivity index (χ0v) is 19.5. The van der Waals surface area contributed by atoms with Crippen molar-refractivity contribution >= 4 is 35.8 Å². The molecule has 0 aliphatic carbocycles. The van der Waals surface area contributed by atoms with E-state index in [0.29, 0.717) is 6.04 Å². The van der Waals surface area contributed by atoms with Crippen molar-refractivity contribution < 1.29 is 4.79 Å². The van der Waals surface area contributed by atoms with E-state index in [2.05, 4.69) is 44.4 Å². The number of hydrogen-bond donors (Lipinski definition) is 1. The smallest absolute Gasteiger partial charge is 0.243 e. The van der Waals surface area contributed by atoms with Crippen LogP contribution in [0.5, 0.6) is 0 Å². The Balaban J connectivity index is 0.00000280. The minimum atomic E-state index is 0. The van der Waals surface area contributed by atoms with Crippen LogP contribution in [-0.2, 0) is 11.2 Å². The molecule has 28 heavy (non-hydrogen) atoms. The molecule has 3 rings (SSSR count). The summed E-state index contributed by atoms with van der Waals surface area (Å²) in [5, 5.41) is 3.50. The lowest BCUT2D eigenvalue weighted by Gasteiger charge is -2.25. The molecule has 156 valence electrons. The number of nitrogens with one attached hydrogen (secondary N) is 1. The first kappa shape index (κ1) is 22.9. The Hall–Kier alpha value is -1.35. The fourth-order valence-electron chi connectivity index (χ4n) is 3.85. The van der Waals surface area contributed by atoms with Crippen LogP contribution >= 0.6 is 24.0 Å². The van der Waals surface area contributed by atoms with Crippen LogP contribution in [0.15, 0.2) is 35.3 Å². The number of nitrogens with zero attached hydrogens (tertiary/aromatic N) is 4. The summed E-state index contributed by atoms with van der Waals surface area (Å²) in [5.41, 5.74) is 1.31. The average Bonchev–Trinajstić information content (AvgIpc) is 3.36. The number of carbonyl (C=O) groups is 1. The van der Waals surface area contributed by atoms with Crippen molar-refractivity contribution in [2.24, 2.45) is 4.99 Å². The molecule has 7 heteroatoms. The summed E-state index contributed by atoms with van der Waals surface area (Å²) < 4.78 is 0. The molecule has 2 fully saturated rings. The third-order valence-corrected chi connectivity index (χ3v) is 5.52. The number of carbonyl (C=O) groups excluding carboxylic acids is 1. The van der Waals surface area contributed by atoms with E-state index in [0.717, 1.165) is 32.0 Å². The van der Waals surface area contributed by atoms with Crippen molar-refractivity contribution in [2.75, 3.05) is 53.4 Å². The monoisotopic (exact) mass is 499 g/mol. The molecule has 2 saturated heterocycles. The van der Waals surface area contributed by atoms with Gasteiger partial charge >= 0.3 is 0 Å². The van der Waals surface area contributed by atoms with Crippen molar-refractivity contribution in [1.29, 1.82) is 0 Å². The topological polar surface area (TPSA) is 51.2 Å². The molecule has 0 aromatic heterocycles. The third kappa shape index (κ3) is 6.62. The van der Waals surface area contributed by atoms with Crippen molar-refractivity contribution in [3.63, 3.8) is 0 Å². The lowest BCUT2D eigenvalue weighted by Crippen LogP contribution is -2.44. The number of rotatable bonds is 6. The molecule has 0 bridgehead atoms. The highest BCUT2D eigenvalue weighted by molar-refractivity contribution is 14.0. The van der Waals surface area contributed by atoms with Crippen LogP contribution in [0.25, 0.3) is 0 Å². The first-order valence-electron chi connectivity index (χ1n) is 10.1. The Morgan fingerprint density at radius 3 is 2.57 bits per heavy atom. The number of likely N-dealkylation sites (N-methyl/N-ethyl adjacent to an activating group) is 1. The molecule has 6 nitrogen and oxygen atoms in total. The second kappa shape index (κ2) is 11.6. The molecule has 1 aromatic rings. The SMILES string of the molecule is CN(C)C(=O)CN=C(NCCc1ccccc1)N1CCC(N2CCCC2)C1.I. The molecule has 2 aliphatic heterocycles. The Morgan fingerprint density at radius 2 is 1.89 bits per heavy atom. The third-order valence-electron chi connectivity index (χ3n) is 5.52. The van der Waals surface area contributed by atoms with Gasteiger partial charge in [-0.25, -0.2) is 4.99 Å². The number of likely N-dealkylation sites (tertiary alicyclic amines) is 2. The second-order valence-electron chi connectivity index (χ2n) is 7.72. The number of hydrogen-bond acceptors (Lipinski definition) is 3. The molecular formula is C21H34IN5O. The summed E-state index contributed by atoms with van der Waals surface area (Å²) in [6.07, 6.45) is 4.78. The normalized spacial score (nSPS) is 20.1. The van der Waals surface area contributed by atoms with Crippen LogP contribution in [-0.4, -0.2) is 86.0 Å². The number of aliphatic imine (C=N–C) groups is 1. The fourth-order valence-corrected chi connectivity index (χ4v) is 3.85. The van der Waals surface area contributed by atoms with E-state index in [-0.39, 0.29) is 36.4 Å². The van der Waals surface area contributed by atoms with Gasteiger partial charge in [-0.1, -0.05) is 30.3 Å². The summed E-state index contributed by atoms with van der Waals surface area (Å²) in [5.74, 6) is 0.912. The minimum Gasteiger partial charge on any atom is -0.356 e. The van der Waals surface area contributed by atoms with E-state index >= 15 is 0 Å². The van der Waals surface area contributed by atoms with E-state index in [4.69, 9.17) is 0 Å². The molecule has 1 amide bonds. The summed E-state index contributed by atoms with van der Waals surface area (Å²) in [6, 6.07) is 11.1. The van der Waals surface area contributed by atoms with Crippen LogP contribution in [0.3, 0.4) is 0 Å². The Kier molecular flexibility index (Phi) is 9.50. The van der Waals surface area contributed by atoms with Gasteiger partial charge in [-0.2, -0.15) is 0 Å². The van der Waals surface area contributed by atoms with Gasteiger partial charge in [0.25, 0.3) is 0 Å². The van der Waals surface area contributed by atoms with E-state index in [1.165, 1.54) is 37.9 Å². The molecule has 1 aromatic carbocycles. The highest BCUT2D eigenvalue weighted by Gasteiger charge is 2.30. The maximum atomic E-state index is 12.0. The van der Waals surface area contributed by atoms with Gasteiger partial charge in [0.05, 0.1) is 0 Å². The molecule has 0 radical (unpaired) electrons. The van der Waals surface area contributed by atoms with Crippen molar-refractivity contribution in [3.05, 3.63) is 35.9 Å². The lowest BCUT2D eigenvalue weighted by atomic mass is 10.1. The zero-order valence-electron chi connectivity index (χ0n) is 17.1. The maximum Gasteiger partial charge on any atom is 0.243 e. The standard InChI is InChI=1S/C21H33N5O.HI/c1-24(2)20(27)16-23-21(22-12-10-18-8-4-3-5-9-18)26-15-11-19(17-26)25-13-6-7-14-25;/h3-5,8-9,19H,6-7,10-17H2,1-2H3,(H,22,23);1H. The first-order chi connectivity index (χ1) is 13.1. The second-order valence-corrected chi connectivity index (χ2v) is 7.72. The Morgan fingerprint density at radius 1 is 1.18 bits per heavy atom. The highest BCUT2D eigenvalue weighted by atomic mass is 127. The van der Waals surface area contributed by atoms with Gasteiger partial charge in [-0.05, 0) is 44.3 Å². The van der Waals surface area contributed by atoms with Gasteiger partial charge in [0.2, 0.25) is 5.91 Å². The summed E-state index contributed by atoms with van der Waals surface area (Å²) in [7, 11) is 3.55. The van der Waals surface area contributed by atoms with Crippen LogP contribution in [0.4, 0.5) is 0 Å². The van der Waals surface area contributed by atoms with Crippen LogP contribution in [0, 0.1) is 0 Å². The minimum absolute atomic E-state index is 0. The van der Waals surface area contributed by atoms with Crippen molar-refractivity contribution in [3.8, 4) is 0 Å². The van der Waals surface area contributed by atoms with Crippen molar-refractivity contribution in [2.45, 2.75) is 31.7 Å². The fraction of sp³-hybridized carbons (Fsp3) is 0.619. The summed E-state index contributed by atoms with van der Waals surface area (Å²) in [6.45, 7) is 5.49. The highest BCUT2D eigenvalue weighted by Crippen LogP contribution is 2.20. The van der Waals surface area contributed by atoms with Gasteiger partial charge < -0.3 is 15.1 Å². The molecule has 0 saturated carbocycles. The predicted molar refractivity (Wildman–Crippen MR) is 125 cm³/mol. The van der Waals surface area contributed by atoms with Crippen LogP contribution in [0.2, 0.25) is 0 Å². The lowest BCUT2D eigenvalue weighted by molar-refractivity contribution is -0.127. The molecule has 1 unspecified atom stereocenters. The number of benzene rings is 1. The average molecular weight is 499 g/mol. The van der Waals surface area contributed by atoms with Crippen molar-refractivity contribution in [1.82, 2.24) is 20.0 Å². The van der Waals surface area contributed by atoms with Crippen LogP contribution in [0.1, 0.15) is 24.8 Å². The van der Waals surface area contributed by atoms with Gasteiger partial charge in [-0.3, -0.25) is 9.69 Å². The van der Waals surface area contributed by atoms with Gasteiger partial charge in [0.15, 0.2) is 5.96 Å². The zero-order chi connectivity index (χ0) is 19.1. The largest absolute Gasteiger partial charge is 0.356 e. The molecule has 2 aliphatic rings. The Bertz CT molecular complexity index is 631.